The number of ether oxygens (including phenoxy) is 1. The Labute approximate surface area is 225 Å². The minimum absolute atomic E-state index is 0.000874. The first-order chi connectivity index (χ1) is 18.1. The highest BCUT2D eigenvalue weighted by Gasteiger charge is 2.20. The molecule has 2 aromatic carbocycles. The monoisotopic (exact) mass is 510 g/mol. The Hall–Kier alpha value is -2.49. The van der Waals surface area contributed by atoms with Gasteiger partial charge in [0.2, 0.25) is 0 Å². The van der Waals surface area contributed by atoms with Crippen LogP contribution < -0.4 is 4.74 Å². The van der Waals surface area contributed by atoms with E-state index in [-0.39, 0.29) is 17.1 Å². The van der Waals surface area contributed by atoms with Gasteiger partial charge in [-0.05, 0) is 48.9 Å². The topological polar surface area (TPSA) is 66.8 Å². The van der Waals surface area contributed by atoms with Crippen LogP contribution >= 0.6 is 0 Å². The van der Waals surface area contributed by atoms with Crippen molar-refractivity contribution in [2.75, 3.05) is 0 Å². The third-order valence-corrected chi connectivity index (χ3v) is 7.23. The number of carbonyl (C=O) groups is 1. The van der Waals surface area contributed by atoms with Crippen LogP contribution in [0.3, 0.4) is 0 Å². The Bertz CT molecular complexity index is 905. The molecule has 0 saturated heterocycles. The lowest BCUT2D eigenvalue weighted by atomic mass is 10.0. The molecule has 0 amide bonds. The van der Waals surface area contributed by atoms with E-state index in [1.165, 1.54) is 83.5 Å². The lowest BCUT2D eigenvalue weighted by Crippen LogP contribution is -2.10. The molecule has 0 aliphatic carbocycles. The Morgan fingerprint density at radius 2 is 1.08 bits per heavy atom. The van der Waals surface area contributed by atoms with E-state index >= 15 is 0 Å². The van der Waals surface area contributed by atoms with Gasteiger partial charge >= 0.3 is 5.97 Å². The second-order valence-corrected chi connectivity index (χ2v) is 10.4. The molecule has 0 bridgehead atoms. The number of rotatable bonds is 20. The zero-order valence-corrected chi connectivity index (χ0v) is 23.4. The van der Waals surface area contributed by atoms with E-state index in [0.717, 1.165) is 31.2 Å². The zero-order valence-electron chi connectivity index (χ0n) is 23.4. The van der Waals surface area contributed by atoms with Crippen LogP contribution in [0.5, 0.6) is 17.2 Å². The van der Waals surface area contributed by atoms with E-state index in [9.17, 15) is 15.0 Å². The molecule has 0 heterocycles. The minimum Gasteiger partial charge on any atom is -0.504 e. The first kappa shape index (κ1) is 30.7. The van der Waals surface area contributed by atoms with Crippen molar-refractivity contribution in [2.45, 2.75) is 129 Å². The summed E-state index contributed by atoms with van der Waals surface area (Å²) < 4.78 is 5.67. The highest BCUT2D eigenvalue weighted by molar-refractivity contribution is 5.95. The van der Waals surface area contributed by atoms with Gasteiger partial charge < -0.3 is 14.9 Å². The summed E-state index contributed by atoms with van der Waals surface area (Å²) in [5, 5.41) is 21.1. The maximum atomic E-state index is 12.9. The van der Waals surface area contributed by atoms with Gasteiger partial charge in [0.1, 0.15) is 11.3 Å². The number of esters is 1. The average molecular weight is 511 g/mol. The fourth-order valence-electron chi connectivity index (χ4n) is 4.85. The average Bonchev–Trinajstić information content (AvgIpc) is 2.90. The first-order valence-electron chi connectivity index (χ1n) is 14.9. The van der Waals surface area contributed by atoms with Crippen molar-refractivity contribution in [2.24, 2.45) is 0 Å². The number of aryl methyl sites for hydroxylation is 2. The zero-order chi connectivity index (χ0) is 26.7. The van der Waals surface area contributed by atoms with Gasteiger partial charge in [-0.3, -0.25) is 0 Å². The van der Waals surface area contributed by atoms with Gasteiger partial charge in [-0.2, -0.15) is 0 Å². The van der Waals surface area contributed by atoms with E-state index in [0.29, 0.717) is 17.7 Å². The van der Waals surface area contributed by atoms with E-state index in [1.807, 2.05) is 18.2 Å². The third kappa shape index (κ3) is 11.6. The largest absolute Gasteiger partial charge is 0.504 e. The fourth-order valence-corrected chi connectivity index (χ4v) is 4.85. The van der Waals surface area contributed by atoms with E-state index in [1.54, 1.807) is 18.2 Å². The summed E-state index contributed by atoms with van der Waals surface area (Å²) in [6.07, 6.45) is 21.2. The lowest BCUT2D eigenvalue weighted by molar-refractivity contribution is 0.0729. The molecule has 0 spiro atoms. The van der Waals surface area contributed by atoms with Crippen LogP contribution in [0.1, 0.15) is 138 Å². The third-order valence-electron chi connectivity index (χ3n) is 7.23. The van der Waals surface area contributed by atoms with E-state index in [4.69, 9.17) is 4.74 Å². The summed E-state index contributed by atoms with van der Waals surface area (Å²) in [6.45, 7) is 4.46. The van der Waals surface area contributed by atoms with Crippen LogP contribution in [0.15, 0.2) is 36.4 Å². The quantitative estimate of drug-likeness (QED) is 0.0805. The molecule has 37 heavy (non-hydrogen) atoms. The second kappa shape index (κ2) is 18.7. The van der Waals surface area contributed by atoms with Crippen LogP contribution in [0.25, 0.3) is 0 Å². The Morgan fingerprint density at radius 3 is 1.65 bits per heavy atom. The van der Waals surface area contributed by atoms with Crippen molar-refractivity contribution in [1.29, 1.82) is 0 Å². The normalized spacial score (nSPS) is 11.1. The van der Waals surface area contributed by atoms with E-state index in [2.05, 4.69) is 13.8 Å². The van der Waals surface area contributed by atoms with Crippen LogP contribution in [-0.4, -0.2) is 16.2 Å². The van der Waals surface area contributed by atoms with Crippen molar-refractivity contribution in [3.8, 4) is 17.2 Å². The molecule has 0 radical (unpaired) electrons. The van der Waals surface area contributed by atoms with Crippen LogP contribution in [-0.2, 0) is 12.8 Å². The van der Waals surface area contributed by atoms with Crippen LogP contribution in [0, 0.1) is 0 Å². The van der Waals surface area contributed by atoms with Crippen molar-refractivity contribution in [3.63, 3.8) is 0 Å². The summed E-state index contributed by atoms with van der Waals surface area (Å²) in [7, 11) is 0. The molecule has 0 aliphatic rings. The Morgan fingerprint density at radius 1 is 0.595 bits per heavy atom. The minimum atomic E-state index is -0.644. The molecule has 2 N–H and O–H groups in total. The maximum absolute atomic E-state index is 12.9. The molecular weight excluding hydrogens is 460 g/mol. The standard InChI is InChI=1S/C33H50O4/c1-3-5-7-9-11-13-15-17-21-27-22-19-20-24-30(27)37-33(36)29-26-25-28(31(34)32(29)35)23-18-16-14-12-10-8-6-4-2/h19-20,22,24-26,34-35H,3-18,21,23H2,1-2H3. The van der Waals surface area contributed by atoms with Gasteiger partial charge in [0, 0.05) is 0 Å². The summed E-state index contributed by atoms with van der Waals surface area (Å²) in [5.74, 6) is -0.709. The molecule has 0 saturated carbocycles. The summed E-state index contributed by atoms with van der Waals surface area (Å²) in [5.41, 5.74) is 1.67. The van der Waals surface area contributed by atoms with Gasteiger partial charge in [-0.15, -0.1) is 0 Å². The van der Waals surface area contributed by atoms with Crippen molar-refractivity contribution >= 4 is 5.97 Å². The molecule has 0 fully saturated rings. The maximum Gasteiger partial charge on any atom is 0.347 e. The van der Waals surface area contributed by atoms with Gasteiger partial charge in [-0.25, -0.2) is 4.79 Å². The number of hydrogen-bond donors (Lipinski definition) is 2. The number of unbranched alkanes of at least 4 members (excludes halogenated alkanes) is 14. The number of carbonyl (C=O) groups excluding carboxylic acids is 1. The molecule has 0 aliphatic heterocycles. The highest BCUT2D eigenvalue weighted by atomic mass is 16.5. The van der Waals surface area contributed by atoms with E-state index < -0.39 is 5.97 Å². The number of aromatic hydroxyl groups is 2. The smallest absolute Gasteiger partial charge is 0.347 e. The molecule has 0 aromatic heterocycles. The molecule has 2 rings (SSSR count). The number of benzene rings is 2. The van der Waals surface area contributed by atoms with Crippen molar-refractivity contribution in [3.05, 3.63) is 53.1 Å². The molecule has 0 atom stereocenters. The van der Waals surface area contributed by atoms with Gasteiger partial charge in [-0.1, -0.05) is 128 Å². The molecule has 4 heteroatoms. The van der Waals surface area contributed by atoms with Gasteiger partial charge in [0.15, 0.2) is 11.5 Å². The second-order valence-electron chi connectivity index (χ2n) is 10.4. The Kier molecular flexibility index (Phi) is 15.5. The number of hydrogen-bond acceptors (Lipinski definition) is 4. The van der Waals surface area contributed by atoms with Crippen LogP contribution in [0.4, 0.5) is 0 Å². The van der Waals surface area contributed by atoms with Gasteiger partial charge in [0.05, 0.1) is 0 Å². The van der Waals surface area contributed by atoms with Crippen molar-refractivity contribution in [1.82, 2.24) is 0 Å². The SMILES string of the molecule is CCCCCCCCCCc1ccccc1OC(=O)c1ccc(CCCCCCCCCC)c(O)c1O. The van der Waals surface area contributed by atoms with Crippen molar-refractivity contribution < 1.29 is 19.7 Å². The molecule has 0 unspecified atom stereocenters. The molecule has 206 valence electrons. The fraction of sp³-hybridized carbons (Fsp3) is 0.606. The molecule has 4 nitrogen and oxygen atoms in total. The number of phenolic OH excluding ortho intramolecular Hbond substituents is 2. The number of phenols is 2. The summed E-state index contributed by atoms with van der Waals surface area (Å²) in [4.78, 5) is 12.9. The predicted octanol–water partition coefficient (Wildman–Crippen LogP) is 9.68. The lowest BCUT2D eigenvalue weighted by Gasteiger charge is -2.13. The summed E-state index contributed by atoms with van der Waals surface area (Å²) >= 11 is 0. The molecule has 2 aromatic rings. The summed E-state index contributed by atoms with van der Waals surface area (Å²) in [6, 6.07) is 10.9. The number of para-hydroxylation sites is 1. The predicted molar refractivity (Wildman–Crippen MR) is 154 cm³/mol. The van der Waals surface area contributed by atoms with Crippen LogP contribution in [0.2, 0.25) is 0 Å². The Balaban J connectivity index is 1.83. The van der Waals surface area contributed by atoms with Gasteiger partial charge in [0.25, 0.3) is 0 Å². The highest BCUT2D eigenvalue weighted by Crippen LogP contribution is 2.35. The first-order valence-corrected chi connectivity index (χ1v) is 14.9. The molecular formula is C33H50O4.